The molecule has 0 aromatic carbocycles. The van der Waals surface area contributed by atoms with E-state index < -0.39 is 12.1 Å². The molecule has 2 N–H and O–H groups in total. The number of alkyl carbamates (subject to hydrolysis) is 1. The molecule has 0 spiro atoms. The summed E-state index contributed by atoms with van der Waals surface area (Å²) in [5.74, 6) is -0.958. The minimum absolute atomic E-state index is 0.251. The van der Waals surface area contributed by atoms with Crippen LogP contribution < -0.4 is 5.32 Å². The summed E-state index contributed by atoms with van der Waals surface area (Å²) in [6.07, 6.45) is 1.12. The van der Waals surface area contributed by atoms with Gasteiger partial charge in [0.15, 0.2) is 0 Å². The molecule has 1 amide bonds. The van der Waals surface area contributed by atoms with E-state index in [2.05, 4.69) is 5.32 Å². The van der Waals surface area contributed by atoms with Crippen molar-refractivity contribution in [2.45, 2.75) is 33.3 Å². The molecular formula is C10H17NO4. The number of carboxylic acids is 1. The van der Waals surface area contributed by atoms with E-state index >= 15 is 0 Å². The number of hydrogen-bond acceptors (Lipinski definition) is 3. The van der Waals surface area contributed by atoms with Gasteiger partial charge in [0, 0.05) is 18.5 Å². The molecule has 0 saturated heterocycles. The lowest BCUT2D eigenvalue weighted by Gasteiger charge is -2.11. The minimum Gasteiger partial charge on any atom is -0.478 e. The Kier molecular flexibility index (Phi) is 6.17. The predicted octanol–water partition coefficient (Wildman–Crippen LogP) is 1.54. The topological polar surface area (TPSA) is 75.6 Å². The van der Waals surface area contributed by atoms with E-state index in [1.165, 1.54) is 13.0 Å². The number of rotatable bonds is 5. The molecule has 0 bridgehead atoms. The smallest absolute Gasteiger partial charge is 0.407 e. The fourth-order valence-corrected chi connectivity index (χ4v) is 0.847. The summed E-state index contributed by atoms with van der Waals surface area (Å²) in [5.41, 5.74) is 0.251. The molecule has 86 valence electrons. The average Bonchev–Trinajstić information content (AvgIpc) is 2.14. The van der Waals surface area contributed by atoms with Crippen molar-refractivity contribution < 1.29 is 19.4 Å². The molecule has 0 fully saturated rings. The molecule has 0 rings (SSSR count). The Labute approximate surface area is 89.1 Å². The van der Waals surface area contributed by atoms with Gasteiger partial charge in [0.1, 0.15) is 6.10 Å². The Morgan fingerprint density at radius 3 is 2.60 bits per heavy atom. The Balaban J connectivity index is 3.94. The molecule has 15 heavy (non-hydrogen) atoms. The molecule has 0 aliphatic carbocycles. The molecule has 0 saturated carbocycles. The predicted molar refractivity (Wildman–Crippen MR) is 55.6 cm³/mol. The summed E-state index contributed by atoms with van der Waals surface area (Å²) in [4.78, 5) is 21.4. The van der Waals surface area contributed by atoms with Crippen LogP contribution in [0.3, 0.4) is 0 Å². The van der Waals surface area contributed by atoms with Gasteiger partial charge in [-0.15, -0.1) is 0 Å². The first-order valence-electron chi connectivity index (χ1n) is 4.81. The Hall–Kier alpha value is -1.52. The number of ether oxygens (including phenoxy) is 1. The molecular weight excluding hydrogens is 198 g/mol. The quantitative estimate of drug-likeness (QED) is 0.682. The van der Waals surface area contributed by atoms with Gasteiger partial charge in [0.2, 0.25) is 0 Å². The zero-order valence-corrected chi connectivity index (χ0v) is 9.24. The molecule has 0 heterocycles. The fraction of sp³-hybridized carbons (Fsp3) is 0.600. The third kappa shape index (κ3) is 6.54. The molecule has 0 radical (unpaired) electrons. The van der Waals surface area contributed by atoms with Gasteiger partial charge in [0.25, 0.3) is 0 Å². The van der Waals surface area contributed by atoms with Crippen molar-refractivity contribution in [3.63, 3.8) is 0 Å². The van der Waals surface area contributed by atoms with E-state index in [-0.39, 0.29) is 11.7 Å². The van der Waals surface area contributed by atoms with E-state index in [1.807, 2.05) is 0 Å². The number of nitrogens with one attached hydrogen (secondary N) is 1. The number of amides is 1. The molecule has 0 aliphatic rings. The molecule has 5 nitrogen and oxygen atoms in total. The van der Waals surface area contributed by atoms with Crippen molar-refractivity contribution in [3.05, 3.63) is 11.6 Å². The van der Waals surface area contributed by atoms with Crippen molar-refractivity contribution in [2.75, 3.05) is 6.54 Å². The van der Waals surface area contributed by atoms with E-state index in [0.717, 1.165) is 0 Å². The number of carboxylic acid groups (broad SMARTS) is 1. The average molecular weight is 215 g/mol. The second kappa shape index (κ2) is 6.86. The van der Waals surface area contributed by atoms with Crippen LogP contribution in [0.5, 0.6) is 0 Å². The van der Waals surface area contributed by atoms with Crippen molar-refractivity contribution in [3.8, 4) is 0 Å². The Morgan fingerprint density at radius 2 is 2.13 bits per heavy atom. The molecule has 0 aliphatic heterocycles. The van der Waals surface area contributed by atoms with Gasteiger partial charge in [-0.25, -0.2) is 9.59 Å². The van der Waals surface area contributed by atoms with Gasteiger partial charge in [0.05, 0.1) is 0 Å². The monoisotopic (exact) mass is 215 g/mol. The summed E-state index contributed by atoms with van der Waals surface area (Å²) in [6.45, 7) is 5.51. The normalized spacial score (nSPS) is 13.1. The first kappa shape index (κ1) is 13.5. The zero-order valence-electron chi connectivity index (χ0n) is 9.24. The van der Waals surface area contributed by atoms with Crippen LogP contribution in [0, 0.1) is 0 Å². The van der Waals surface area contributed by atoms with Crippen molar-refractivity contribution in [2.24, 2.45) is 0 Å². The summed E-state index contributed by atoms with van der Waals surface area (Å²) in [7, 11) is 0. The molecule has 0 aromatic heterocycles. The highest BCUT2D eigenvalue weighted by Crippen LogP contribution is 2.03. The maximum Gasteiger partial charge on any atom is 0.407 e. The third-order valence-corrected chi connectivity index (χ3v) is 1.72. The fourth-order valence-electron chi connectivity index (χ4n) is 0.847. The third-order valence-electron chi connectivity index (χ3n) is 1.72. The maximum atomic E-state index is 11.0. The van der Waals surface area contributed by atoms with E-state index in [4.69, 9.17) is 9.84 Å². The second-order valence-electron chi connectivity index (χ2n) is 3.17. The highest BCUT2D eigenvalue weighted by molar-refractivity contribution is 5.85. The molecule has 1 atom stereocenters. The van der Waals surface area contributed by atoms with Crippen LogP contribution in [0.2, 0.25) is 0 Å². The van der Waals surface area contributed by atoms with E-state index in [9.17, 15) is 9.59 Å². The van der Waals surface area contributed by atoms with Crippen molar-refractivity contribution in [1.29, 1.82) is 0 Å². The lowest BCUT2D eigenvalue weighted by atomic mass is 10.2. The van der Waals surface area contributed by atoms with Gasteiger partial charge >= 0.3 is 12.1 Å². The second-order valence-corrected chi connectivity index (χ2v) is 3.17. The SMILES string of the molecule is CCNC(=O)OC(C)C/C=C(\C)C(=O)O. The summed E-state index contributed by atoms with van der Waals surface area (Å²) in [6, 6.07) is 0. The van der Waals surface area contributed by atoms with E-state index in [1.54, 1.807) is 13.8 Å². The van der Waals surface area contributed by atoms with Crippen LogP contribution in [0.4, 0.5) is 4.79 Å². The van der Waals surface area contributed by atoms with Gasteiger partial charge in [-0.3, -0.25) is 0 Å². The van der Waals surface area contributed by atoms with Crippen LogP contribution in [0.25, 0.3) is 0 Å². The van der Waals surface area contributed by atoms with E-state index in [0.29, 0.717) is 13.0 Å². The van der Waals surface area contributed by atoms with Gasteiger partial charge in [-0.2, -0.15) is 0 Å². The van der Waals surface area contributed by atoms with Crippen LogP contribution >= 0.6 is 0 Å². The largest absolute Gasteiger partial charge is 0.478 e. The molecule has 1 unspecified atom stereocenters. The maximum absolute atomic E-state index is 11.0. The van der Waals surface area contributed by atoms with Gasteiger partial charge < -0.3 is 15.2 Å². The number of carbonyl (C=O) groups is 2. The van der Waals surface area contributed by atoms with Crippen molar-refractivity contribution in [1.82, 2.24) is 5.32 Å². The van der Waals surface area contributed by atoms with Crippen LogP contribution in [0.15, 0.2) is 11.6 Å². The first-order chi connectivity index (χ1) is 6.97. The zero-order chi connectivity index (χ0) is 11.8. The molecule has 5 heteroatoms. The Morgan fingerprint density at radius 1 is 1.53 bits per heavy atom. The summed E-state index contributed by atoms with van der Waals surface area (Å²) >= 11 is 0. The number of carbonyl (C=O) groups excluding carboxylic acids is 1. The number of hydrogen-bond donors (Lipinski definition) is 2. The highest BCUT2D eigenvalue weighted by atomic mass is 16.6. The lowest BCUT2D eigenvalue weighted by molar-refractivity contribution is -0.132. The lowest BCUT2D eigenvalue weighted by Crippen LogP contribution is -2.27. The van der Waals surface area contributed by atoms with Gasteiger partial charge in [-0.1, -0.05) is 6.08 Å². The molecule has 0 aromatic rings. The van der Waals surface area contributed by atoms with Gasteiger partial charge in [-0.05, 0) is 20.8 Å². The van der Waals surface area contributed by atoms with Crippen LogP contribution in [-0.4, -0.2) is 29.8 Å². The Bertz CT molecular complexity index is 260. The summed E-state index contributed by atoms with van der Waals surface area (Å²) in [5, 5.41) is 11.1. The van der Waals surface area contributed by atoms with Crippen LogP contribution in [0.1, 0.15) is 27.2 Å². The van der Waals surface area contributed by atoms with Crippen LogP contribution in [-0.2, 0) is 9.53 Å². The first-order valence-corrected chi connectivity index (χ1v) is 4.81. The number of aliphatic carboxylic acids is 1. The minimum atomic E-state index is -0.958. The standard InChI is InChI=1S/C10H17NO4/c1-4-11-10(14)15-8(3)6-5-7(2)9(12)13/h5,8H,4,6H2,1-3H3,(H,11,14)(H,12,13)/b7-5+. The summed E-state index contributed by atoms with van der Waals surface area (Å²) < 4.78 is 4.93. The highest BCUT2D eigenvalue weighted by Gasteiger charge is 2.07. The van der Waals surface area contributed by atoms with Crippen molar-refractivity contribution >= 4 is 12.1 Å².